The molecule has 144 valence electrons. The number of pyridine rings is 1. The van der Waals surface area contributed by atoms with Crippen LogP contribution in [0, 0.1) is 5.41 Å². The number of carbonyl (C=O) groups is 2. The van der Waals surface area contributed by atoms with Gasteiger partial charge in [0.25, 0.3) is 5.91 Å². The molecule has 4 rings (SSSR count). The second kappa shape index (κ2) is 7.39. The van der Waals surface area contributed by atoms with Crippen molar-refractivity contribution in [1.29, 1.82) is 0 Å². The van der Waals surface area contributed by atoms with E-state index >= 15 is 0 Å². The molecular weight excluding hydrogens is 422 g/mol. The third-order valence-electron chi connectivity index (χ3n) is 5.18. The molecule has 0 atom stereocenters. The number of likely N-dealkylation sites (tertiary alicyclic amines) is 2. The van der Waals surface area contributed by atoms with Gasteiger partial charge in [0.1, 0.15) is 0 Å². The highest BCUT2D eigenvalue weighted by Gasteiger charge is 2.54. The van der Waals surface area contributed by atoms with Crippen LogP contribution in [0.1, 0.15) is 15.9 Å². The number of methoxy groups -OCH3 is 1. The predicted molar refractivity (Wildman–Crippen MR) is 109 cm³/mol. The molecule has 1 spiro atoms. The molecular formula is C21H20BrN3O3. The normalized spacial score (nSPS) is 17.4. The first-order valence-corrected chi connectivity index (χ1v) is 9.79. The van der Waals surface area contributed by atoms with Gasteiger partial charge in [-0.2, -0.15) is 0 Å². The maximum absolute atomic E-state index is 12.5. The fourth-order valence-electron chi connectivity index (χ4n) is 3.68. The summed E-state index contributed by atoms with van der Waals surface area (Å²) in [5, 5.41) is 0. The van der Waals surface area contributed by atoms with Gasteiger partial charge in [-0.15, -0.1) is 0 Å². The van der Waals surface area contributed by atoms with Crippen LogP contribution in [-0.2, 0) is 4.79 Å². The summed E-state index contributed by atoms with van der Waals surface area (Å²) in [6.07, 6.45) is 4.98. The zero-order chi connectivity index (χ0) is 19.7. The third-order valence-corrected chi connectivity index (χ3v) is 5.71. The standard InChI is InChI=1S/C21H20BrN3O3/c1-28-18-8-5-16(10-23-18)20(27)25-13-21(14-25)11-24(12-21)19(26)9-4-15-2-6-17(22)7-3-15/h2-10H,11-14H2,1H3/b9-4+. The van der Waals surface area contributed by atoms with E-state index in [1.54, 1.807) is 25.3 Å². The van der Waals surface area contributed by atoms with Gasteiger partial charge < -0.3 is 14.5 Å². The Balaban J connectivity index is 1.27. The Bertz CT molecular complexity index is 911. The maximum atomic E-state index is 12.5. The van der Waals surface area contributed by atoms with E-state index in [1.165, 1.54) is 6.20 Å². The SMILES string of the molecule is COc1ccc(C(=O)N2CC3(CN(C(=O)/C=C/c4ccc(Br)cc4)C3)C2)cn1. The highest BCUT2D eigenvalue weighted by atomic mass is 79.9. The van der Waals surface area contributed by atoms with Gasteiger partial charge >= 0.3 is 0 Å². The van der Waals surface area contributed by atoms with Crippen LogP contribution in [0.25, 0.3) is 6.08 Å². The summed E-state index contributed by atoms with van der Waals surface area (Å²) < 4.78 is 6.03. The Kier molecular flexibility index (Phi) is 4.93. The van der Waals surface area contributed by atoms with E-state index < -0.39 is 0 Å². The number of halogens is 1. The molecule has 2 saturated heterocycles. The average molecular weight is 442 g/mol. The number of ether oxygens (including phenoxy) is 1. The van der Waals surface area contributed by atoms with E-state index in [0.29, 0.717) is 37.6 Å². The average Bonchev–Trinajstić information content (AvgIpc) is 2.65. The molecule has 0 bridgehead atoms. The minimum absolute atomic E-state index is 0.0117. The summed E-state index contributed by atoms with van der Waals surface area (Å²) in [5.41, 5.74) is 1.59. The van der Waals surface area contributed by atoms with E-state index in [9.17, 15) is 9.59 Å². The molecule has 6 nitrogen and oxygen atoms in total. The quantitative estimate of drug-likeness (QED) is 0.684. The molecule has 2 aromatic rings. The Morgan fingerprint density at radius 1 is 1.07 bits per heavy atom. The topological polar surface area (TPSA) is 62.7 Å². The molecule has 2 amide bonds. The van der Waals surface area contributed by atoms with Crippen LogP contribution in [0.2, 0.25) is 0 Å². The zero-order valence-electron chi connectivity index (χ0n) is 15.5. The zero-order valence-corrected chi connectivity index (χ0v) is 17.1. The van der Waals surface area contributed by atoms with Crippen molar-refractivity contribution < 1.29 is 14.3 Å². The van der Waals surface area contributed by atoms with Gasteiger partial charge in [-0.25, -0.2) is 4.98 Å². The Morgan fingerprint density at radius 3 is 2.36 bits per heavy atom. The van der Waals surface area contributed by atoms with Crippen LogP contribution in [0.15, 0.2) is 53.1 Å². The Labute approximate surface area is 171 Å². The maximum Gasteiger partial charge on any atom is 0.255 e. The van der Waals surface area contributed by atoms with Crippen molar-refractivity contribution >= 4 is 33.8 Å². The molecule has 2 aliphatic rings. The predicted octanol–water partition coefficient (Wildman–Crippen LogP) is 2.85. The number of hydrogen-bond donors (Lipinski definition) is 0. The van der Waals surface area contributed by atoms with Crippen LogP contribution in [-0.4, -0.2) is 59.9 Å². The first-order chi connectivity index (χ1) is 13.5. The van der Waals surface area contributed by atoms with E-state index in [1.807, 2.05) is 40.1 Å². The molecule has 7 heteroatoms. The second-order valence-corrected chi connectivity index (χ2v) is 8.25. The fraction of sp³-hybridized carbons (Fsp3) is 0.286. The number of nitrogens with zero attached hydrogens (tertiary/aromatic N) is 3. The van der Waals surface area contributed by atoms with Crippen LogP contribution in [0.5, 0.6) is 5.88 Å². The van der Waals surface area contributed by atoms with E-state index in [0.717, 1.165) is 10.0 Å². The number of hydrogen-bond acceptors (Lipinski definition) is 4. The minimum atomic E-state index is -0.0271. The summed E-state index contributed by atoms with van der Waals surface area (Å²) in [6, 6.07) is 11.2. The van der Waals surface area contributed by atoms with Gasteiger partial charge in [0, 0.05) is 54.4 Å². The summed E-state index contributed by atoms with van der Waals surface area (Å²) in [4.78, 5) is 32.5. The highest BCUT2D eigenvalue weighted by molar-refractivity contribution is 9.10. The van der Waals surface area contributed by atoms with Crippen molar-refractivity contribution in [2.45, 2.75) is 0 Å². The molecule has 3 heterocycles. The molecule has 1 aromatic heterocycles. The molecule has 1 aromatic carbocycles. The van der Waals surface area contributed by atoms with Gasteiger partial charge in [-0.3, -0.25) is 9.59 Å². The van der Waals surface area contributed by atoms with E-state index in [2.05, 4.69) is 20.9 Å². The first-order valence-electron chi connectivity index (χ1n) is 9.00. The van der Waals surface area contributed by atoms with Crippen LogP contribution in [0.4, 0.5) is 0 Å². The lowest BCUT2D eigenvalue weighted by Gasteiger charge is -2.59. The van der Waals surface area contributed by atoms with Gasteiger partial charge in [0.2, 0.25) is 11.8 Å². The molecule has 0 N–H and O–H groups in total. The molecule has 0 unspecified atom stereocenters. The second-order valence-electron chi connectivity index (χ2n) is 7.33. The van der Waals surface area contributed by atoms with E-state index in [4.69, 9.17) is 4.74 Å². The lowest BCUT2D eigenvalue weighted by Crippen LogP contribution is -2.73. The minimum Gasteiger partial charge on any atom is -0.481 e. The fourth-order valence-corrected chi connectivity index (χ4v) is 3.95. The Hall–Kier alpha value is -2.67. The highest BCUT2D eigenvalue weighted by Crippen LogP contribution is 2.40. The van der Waals surface area contributed by atoms with Crippen LogP contribution in [0.3, 0.4) is 0 Å². The monoisotopic (exact) mass is 441 g/mol. The van der Waals surface area contributed by atoms with Crippen molar-refractivity contribution in [2.24, 2.45) is 5.41 Å². The van der Waals surface area contributed by atoms with Gasteiger partial charge in [0.05, 0.1) is 12.7 Å². The smallest absolute Gasteiger partial charge is 0.255 e. The number of carbonyl (C=O) groups excluding carboxylic acids is 2. The van der Waals surface area contributed by atoms with E-state index in [-0.39, 0.29) is 17.2 Å². The lowest BCUT2D eigenvalue weighted by molar-refractivity contribution is -0.149. The molecule has 2 aliphatic heterocycles. The molecule has 0 radical (unpaired) electrons. The largest absolute Gasteiger partial charge is 0.481 e. The third kappa shape index (κ3) is 3.67. The number of amides is 2. The van der Waals surface area contributed by atoms with Crippen molar-refractivity contribution in [1.82, 2.24) is 14.8 Å². The van der Waals surface area contributed by atoms with Gasteiger partial charge in [-0.1, -0.05) is 28.1 Å². The number of benzene rings is 1. The van der Waals surface area contributed by atoms with Gasteiger partial charge in [-0.05, 0) is 29.8 Å². The summed E-state index contributed by atoms with van der Waals surface area (Å²) in [6.45, 7) is 2.75. The van der Waals surface area contributed by atoms with Crippen molar-refractivity contribution in [3.8, 4) is 5.88 Å². The van der Waals surface area contributed by atoms with Crippen LogP contribution < -0.4 is 4.74 Å². The van der Waals surface area contributed by atoms with Crippen molar-refractivity contribution in [3.05, 3.63) is 64.3 Å². The Morgan fingerprint density at radius 2 is 1.75 bits per heavy atom. The lowest BCUT2D eigenvalue weighted by atomic mass is 9.72. The van der Waals surface area contributed by atoms with Crippen LogP contribution >= 0.6 is 15.9 Å². The summed E-state index contributed by atoms with van der Waals surface area (Å²) in [7, 11) is 1.54. The molecule has 0 aliphatic carbocycles. The molecule has 2 fully saturated rings. The number of aromatic nitrogens is 1. The molecule has 28 heavy (non-hydrogen) atoms. The first kappa shape index (κ1) is 18.7. The van der Waals surface area contributed by atoms with Gasteiger partial charge in [0.15, 0.2) is 0 Å². The summed E-state index contributed by atoms with van der Waals surface area (Å²) in [5.74, 6) is 0.472. The summed E-state index contributed by atoms with van der Waals surface area (Å²) >= 11 is 3.40. The van der Waals surface area contributed by atoms with Crippen molar-refractivity contribution in [3.63, 3.8) is 0 Å². The number of rotatable bonds is 4. The van der Waals surface area contributed by atoms with Crippen molar-refractivity contribution in [2.75, 3.05) is 33.3 Å². The molecule has 0 saturated carbocycles.